The van der Waals surface area contributed by atoms with Crippen molar-refractivity contribution in [2.75, 3.05) is 20.2 Å². The van der Waals surface area contributed by atoms with Crippen molar-refractivity contribution in [3.8, 4) is 0 Å². The number of methoxy groups -OCH3 is 1. The van der Waals surface area contributed by atoms with E-state index in [9.17, 15) is 0 Å². The average Bonchev–Trinajstić information content (AvgIpc) is 2.86. The van der Waals surface area contributed by atoms with Crippen LogP contribution in [-0.4, -0.2) is 26.3 Å². The molecule has 0 aromatic heterocycles. The lowest BCUT2D eigenvalue weighted by Gasteiger charge is -2.39. The monoisotopic (exact) mass is 225 g/mol. The van der Waals surface area contributed by atoms with Gasteiger partial charge in [-0.05, 0) is 56.4 Å². The van der Waals surface area contributed by atoms with Crippen molar-refractivity contribution in [2.45, 2.75) is 52.1 Å². The van der Waals surface area contributed by atoms with E-state index in [-0.39, 0.29) is 0 Å². The van der Waals surface area contributed by atoms with E-state index in [1.54, 1.807) is 0 Å². The summed E-state index contributed by atoms with van der Waals surface area (Å²) in [7, 11) is 1.85. The van der Waals surface area contributed by atoms with Crippen LogP contribution >= 0.6 is 0 Å². The van der Waals surface area contributed by atoms with Gasteiger partial charge in [0, 0.05) is 13.7 Å². The predicted octanol–water partition coefficient (Wildman–Crippen LogP) is 2.83. The van der Waals surface area contributed by atoms with E-state index < -0.39 is 0 Å². The van der Waals surface area contributed by atoms with Gasteiger partial charge in [-0.3, -0.25) is 0 Å². The minimum absolute atomic E-state index is 0.415. The third-order valence-corrected chi connectivity index (χ3v) is 4.93. The Morgan fingerprint density at radius 2 is 2.25 bits per heavy atom. The SMILES string of the molecule is CCNCC1(CC(C)OC)CC2CCC1C2. The summed E-state index contributed by atoms with van der Waals surface area (Å²) in [4.78, 5) is 0. The van der Waals surface area contributed by atoms with E-state index >= 15 is 0 Å². The largest absolute Gasteiger partial charge is 0.382 e. The Morgan fingerprint density at radius 3 is 2.75 bits per heavy atom. The summed E-state index contributed by atoms with van der Waals surface area (Å²) in [6.45, 7) is 6.74. The van der Waals surface area contributed by atoms with Gasteiger partial charge in [0.05, 0.1) is 6.10 Å². The predicted molar refractivity (Wildman–Crippen MR) is 67.5 cm³/mol. The average molecular weight is 225 g/mol. The van der Waals surface area contributed by atoms with Gasteiger partial charge >= 0.3 is 0 Å². The molecule has 16 heavy (non-hydrogen) atoms. The quantitative estimate of drug-likeness (QED) is 0.750. The zero-order valence-electron chi connectivity index (χ0n) is 11.1. The Labute approximate surface area is 100 Å². The van der Waals surface area contributed by atoms with Crippen LogP contribution in [0.25, 0.3) is 0 Å². The van der Waals surface area contributed by atoms with Crippen molar-refractivity contribution in [2.24, 2.45) is 17.3 Å². The van der Waals surface area contributed by atoms with Crippen LogP contribution in [0.1, 0.15) is 46.0 Å². The molecule has 0 spiro atoms. The zero-order valence-corrected chi connectivity index (χ0v) is 11.1. The molecule has 2 aliphatic carbocycles. The molecule has 94 valence electrons. The lowest BCUT2D eigenvalue weighted by atomic mass is 9.69. The van der Waals surface area contributed by atoms with Crippen LogP contribution in [0.5, 0.6) is 0 Å². The minimum Gasteiger partial charge on any atom is -0.382 e. The molecule has 2 bridgehead atoms. The van der Waals surface area contributed by atoms with Gasteiger partial charge in [0.25, 0.3) is 0 Å². The Morgan fingerprint density at radius 1 is 1.44 bits per heavy atom. The molecule has 2 fully saturated rings. The highest BCUT2D eigenvalue weighted by molar-refractivity contribution is 5.02. The van der Waals surface area contributed by atoms with Crippen LogP contribution in [-0.2, 0) is 4.74 Å². The third kappa shape index (κ3) is 2.28. The number of hydrogen-bond donors (Lipinski definition) is 1. The summed E-state index contributed by atoms with van der Waals surface area (Å²) < 4.78 is 5.50. The molecule has 2 heteroatoms. The molecule has 0 aliphatic heterocycles. The van der Waals surface area contributed by atoms with E-state index in [1.165, 1.54) is 38.6 Å². The highest BCUT2D eigenvalue weighted by Crippen LogP contribution is 2.57. The molecule has 4 atom stereocenters. The third-order valence-electron chi connectivity index (χ3n) is 4.93. The van der Waals surface area contributed by atoms with Crippen LogP contribution in [0.3, 0.4) is 0 Å². The summed E-state index contributed by atoms with van der Waals surface area (Å²) in [6, 6.07) is 0. The molecule has 0 amide bonds. The lowest BCUT2D eigenvalue weighted by molar-refractivity contribution is 0.0359. The van der Waals surface area contributed by atoms with Crippen LogP contribution < -0.4 is 5.32 Å². The summed E-state index contributed by atoms with van der Waals surface area (Å²) in [5.74, 6) is 1.99. The molecule has 0 radical (unpaired) electrons. The van der Waals surface area contributed by atoms with Gasteiger partial charge in [-0.15, -0.1) is 0 Å². The first-order valence-corrected chi connectivity index (χ1v) is 6.93. The van der Waals surface area contributed by atoms with Crippen molar-refractivity contribution in [1.82, 2.24) is 5.32 Å². The van der Waals surface area contributed by atoms with Crippen molar-refractivity contribution in [3.05, 3.63) is 0 Å². The topological polar surface area (TPSA) is 21.3 Å². The van der Waals surface area contributed by atoms with Crippen LogP contribution in [0.15, 0.2) is 0 Å². The highest BCUT2D eigenvalue weighted by Gasteiger charge is 2.50. The summed E-state index contributed by atoms with van der Waals surface area (Å²) in [5.41, 5.74) is 0.550. The molecule has 0 aromatic rings. The molecule has 2 nitrogen and oxygen atoms in total. The second-order valence-electron chi connectivity index (χ2n) is 5.97. The van der Waals surface area contributed by atoms with Crippen LogP contribution in [0, 0.1) is 17.3 Å². The fraction of sp³-hybridized carbons (Fsp3) is 1.00. The maximum absolute atomic E-state index is 5.50. The van der Waals surface area contributed by atoms with Gasteiger partial charge in [-0.2, -0.15) is 0 Å². The first kappa shape index (κ1) is 12.4. The maximum Gasteiger partial charge on any atom is 0.0549 e. The van der Waals surface area contributed by atoms with Crippen LogP contribution in [0.4, 0.5) is 0 Å². The maximum atomic E-state index is 5.50. The number of fused-ring (bicyclic) bond motifs is 2. The zero-order chi connectivity index (χ0) is 11.6. The molecule has 1 N–H and O–H groups in total. The van der Waals surface area contributed by atoms with Crippen molar-refractivity contribution >= 4 is 0 Å². The van der Waals surface area contributed by atoms with E-state index in [2.05, 4.69) is 19.2 Å². The molecular weight excluding hydrogens is 198 g/mol. The van der Waals surface area contributed by atoms with E-state index in [0.29, 0.717) is 11.5 Å². The Balaban J connectivity index is 2.01. The van der Waals surface area contributed by atoms with Gasteiger partial charge in [0.1, 0.15) is 0 Å². The molecule has 0 heterocycles. The van der Waals surface area contributed by atoms with Crippen molar-refractivity contribution in [3.63, 3.8) is 0 Å². The minimum atomic E-state index is 0.415. The lowest BCUT2D eigenvalue weighted by Crippen LogP contribution is -2.41. The van der Waals surface area contributed by atoms with Gasteiger partial charge in [-0.1, -0.05) is 13.3 Å². The summed E-state index contributed by atoms with van der Waals surface area (Å²) in [5, 5.41) is 3.59. The van der Waals surface area contributed by atoms with Gasteiger partial charge in [-0.25, -0.2) is 0 Å². The number of ether oxygens (including phenoxy) is 1. The van der Waals surface area contributed by atoms with Gasteiger partial charge < -0.3 is 10.1 Å². The number of hydrogen-bond acceptors (Lipinski definition) is 2. The molecular formula is C14H27NO. The molecule has 2 aliphatic rings. The van der Waals surface area contributed by atoms with Gasteiger partial charge in [0.15, 0.2) is 0 Å². The Kier molecular flexibility index (Phi) is 3.91. The fourth-order valence-electron chi connectivity index (χ4n) is 4.13. The number of rotatable bonds is 6. The van der Waals surface area contributed by atoms with E-state index in [4.69, 9.17) is 4.74 Å². The van der Waals surface area contributed by atoms with Crippen molar-refractivity contribution < 1.29 is 4.74 Å². The molecule has 0 aromatic carbocycles. The van der Waals surface area contributed by atoms with Crippen molar-refractivity contribution in [1.29, 1.82) is 0 Å². The summed E-state index contributed by atoms with van der Waals surface area (Å²) >= 11 is 0. The standard InChI is InChI=1S/C14H27NO/c1-4-15-10-14(8-11(2)16-3)9-12-5-6-13(14)7-12/h11-13,15H,4-10H2,1-3H3. The summed E-state index contributed by atoms with van der Waals surface area (Å²) in [6.07, 6.45) is 7.54. The fourth-order valence-corrected chi connectivity index (χ4v) is 4.13. The first-order chi connectivity index (χ1) is 7.70. The first-order valence-electron chi connectivity index (χ1n) is 6.93. The van der Waals surface area contributed by atoms with E-state index in [1.807, 2.05) is 7.11 Å². The Hall–Kier alpha value is -0.0800. The normalized spacial score (nSPS) is 39.2. The second-order valence-corrected chi connectivity index (χ2v) is 5.97. The molecule has 4 unspecified atom stereocenters. The molecule has 2 rings (SSSR count). The van der Waals surface area contributed by atoms with E-state index in [0.717, 1.165) is 18.4 Å². The highest BCUT2D eigenvalue weighted by atomic mass is 16.5. The molecule has 0 saturated heterocycles. The Bertz CT molecular complexity index is 231. The van der Waals surface area contributed by atoms with Gasteiger partial charge in [0.2, 0.25) is 0 Å². The smallest absolute Gasteiger partial charge is 0.0549 e. The molecule has 2 saturated carbocycles. The van der Waals surface area contributed by atoms with Crippen LogP contribution in [0.2, 0.25) is 0 Å². The number of nitrogens with one attached hydrogen (secondary N) is 1. The second kappa shape index (κ2) is 5.05.